The highest BCUT2D eigenvalue weighted by molar-refractivity contribution is 7.98. The number of aromatic nitrogens is 3. The smallest absolute Gasteiger partial charge is 0.232 e. The van der Waals surface area contributed by atoms with Crippen molar-refractivity contribution in [3.05, 3.63) is 99.6 Å². The van der Waals surface area contributed by atoms with Crippen LogP contribution in [0.1, 0.15) is 40.8 Å². The molecule has 3 atom stereocenters. The summed E-state index contributed by atoms with van der Waals surface area (Å²) < 4.78 is 1.83. The Morgan fingerprint density at radius 3 is 2.59 bits per heavy atom. The van der Waals surface area contributed by atoms with Crippen molar-refractivity contribution in [3.63, 3.8) is 0 Å². The molecular weight excluding hydrogens is 502 g/mol. The van der Waals surface area contributed by atoms with Crippen molar-refractivity contribution < 1.29 is 4.79 Å². The molecule has 0 fully saturated rings. The largest absolute Gasteiger partial charge is 0.351 e. The average molecular weight is 532 g/mol. The fourth-order valence-electron chi connectivity index (χ4n) is 4.91. The third-order valence-electron chi connectivity index (χ3n) is 6.73. The van der Waals surface area contributed by atoms with Gasteiger partial charge in [0.25, 0.3) is 0 Å². The van der Waals surface area contributed by atoms with E-state index in [1.165, 1.54) is 11.1 Å². The Kier molecular flexibility index (Phi) is 7.26. The summed E-state index contributed by atoms with van der Waals surface area (Å²) in [7, 11) is 0. The molecule has 0 unspecified atom stereocenters. The summed E-state index contributed by atoms with van der Waals surface area (Å²) in [6, 6.07) is 21.5. The van der Waals surface area contributed by atoms with Crippen LogP contribution in [0.2, 0.25) is 5.02 Å². The second-order valence-corrected chi connectivity index (χ2v) is 11.0. The summed E-state index contributed by atoms with van der Waals surface area (Å²) in [6.45, 7) is 8.14. The number of thioether (sulfide) groups is 1. The third kappa shape index (κ3) is 5.38. The predicted molar refractivity (Wildman–Crippen MR) is 151 cm³/mol. The molecule has 5 rings (SSSR count). The Bertz CT molecular complexity index is 1450. The fourth-order valence-corrected chi connectivity index (χ4v) is 5.93. The molecule has 0 spiro atoms. The number of nitrogens with one attached hydrogen (secondary N) is 2. The topological polar surface area (TPSA) is 71.8 Å². The van der Waals surface area contributed by atoms with Crippen molar-refractivity contribution in [2.45, 2.75) is 50.7 Å². The van der Waals surface area contributed by atoms with Crippen LogP contribution in [-0.4, -0.2) is 26.7 Å². The average Bonchev–Trinajstić information content (AvgIpc) is 3.26. The minimum atomic E-state index is -0.468. The minimum Gasteiger partial charge on any atom is -0.351 e. The van der Waals surface area contributed by atoms with E-state index in [0.717, 1.165) is 28.1 Å². The van der Waals surface area contributed by atoms with Gasteiger partial charge in [0.1, 0.15) is 0 Å². The SMILES string of the molecule is Cc1cccc(CSc2nc3n(n2)[C@H](c2ccccc2Cl)[C@@H](C(=O)Nc2ccc(C)cc2C)[C@@H](C)N3)c1. The highest BCUT2D eigenvalue weighted by atomic mass is 35.5. The first-order valence-corrected chi connectivity index (χ1v) is 13.7. The van der Waals surface area contributed by atoms with Gasteiger partial charge in [-0.25, -0.2) is 4.68 Å². The Hall–Kier alpha value is -3.29. The van der Waals surface area contributed by atoms with Crippen LogP contribution in [0.4, 0.5) is 11.6 Å². The summed E-state index contributed by atoms with van der Waals surface area (Å²) in [6.07, 6.45) is 0. The van der Waals surface area contributed by atoms with Gasteiger partial charge in [0.05, 0.1) is 12.0 Å². The number of carbonyl (C=O) groups excluding carboxylic acids is 1. The number of rotatable bonds is 6. The highest BCUT2D eigenvalue weighted by Crippen LogP contribution is 2.40. The lowest BCUT2D eigenvalue weighted by Gasteiger charge is -2.37. The first-order chi connectivity index (χ1) is 17.8. The molecule has 0 saturated carbocycles. The number of amides is 1. The van der Waals surface area contributed by atoms with Gasteiger partial charge < -0.3 is 10.6 Å². The molecule has 0 aliphatic carbocycles. The molecule has 190 valence electrons. The molecule has 1 aliphatic rings. The number of benzene rings is 3. The van der Waals surface area contributed by atoms with Crippen LogP contribution in [0.5, 0.6) is 0 Å². The second-order valence-electron chi connectivity index (χ2n) is 9.67. The molecule has 1 aliphatic heterocycles. The van der Waals surface area contributed by atoms with E-state index in [4.69, 9.17) is 21.7 Å². The van der Waals surface area contributed by atoms with Gasteiger partial charge in [-0.05, 0) is 56.5 Å². The zero-order valence-corrected chi connectivity index (χ0v) is 22.9. The molecule has 2 N–H and O–H groups in total. The van der Waals surface area contributed by atoms with Crippen LogP contribution in [0, 0.1) is 26.7 Å². The molecule has 37 heavy (non-hydrogen) atoms. The van der Waals surface area contributed by atoms with Crippen LogP contribution in [0.15, 0.2) is 71.9 Å². The fraction of sp³-hybridized carbons (Fsp3) is 0.276. The van der Waals surface area contributed by atoms with E-state index in [0.29, 0.717) is 16.1 Å². The van der Waals surface area contributed by atoms with Crippen molar-refractivity contribution in [2.75, 3.05) is 10.6 Å². The van der Waals surface area contributed by atoms with Crippen LogP contribution in [-0.2, 0) is 10.5 Å². The summed E-state index contributed by atoms with van der Waals surface area (Å²) in [4.78, 5) is 18.6. The molecule has 8 heteroatoms. The molecule has 6 nitrogen and oxygen atoms in total. The number of nitrogens with zero attached hydrogens (tertiary/aromatic N) is 3. The lowest BCUT2D eigenvalue weighted by Crippen LogP contribution is -2.46. The maximum atomic E-state index is 13.8. The van der Waals surface area contributed by atoms with Gasteiger partial charge in [-0.15, -0.1) is 5.10 Å². The van der Waals surface area contributed by atoms with Crippen molar-refractivity contribution in [3.8, 4) is 0 Å². The van der Waals surface area contributed by atoms with Crippen molar-refractivity contribution in [1.82, 2.24) is 14.8 Å². The molecule has 3 aromatic carbocycles. The normalized spacial score (nSPS) is 18.7. The first-order valence-electron chi connectivity index (χ1n) is 12.3. The summed E-state index contributed by atoms with van der Waals surface area (Å²) >= 11 is 8.27. The molecule has 0 bridgehead atoms. The van der Waals surface area contributed by atoms with E-state index in [9.17, 15) is 4.79 Å². The molecular formula is C29H30ClN5OS. The monoisotopic (exact) mass is 531 g/mol. The van der Waals surface area contributed by atoms with Crippen LogP contribution < -0.4 is 10.6 Å². The highest BCUT2D eigenvalue weighted by Gasteiger charge is 2.42. The number of anilines is 2. The molecule has 0 saturated heterocycles. The van der Waals surface area contributed by atoms with Crippen LogP contribution in [0.25, 0.3) is 0 Å². The van der Waals surface area contributed by atoms with Crippen molar-refractivity contribution >= 4 is 40.9 Å². The van der Waals surface area contributed by atoms with Gasteiger partial charge in [-0.2, -0.15) is 4.98 Å². The molecule has 1 aromatic heterocycles. The van der Waals surface area contributed by atoms with Gasteiger partial charge in [0.15, 0.2) is 0 Å². The van der Waals surface area contributed by atoms with E-state index in [2.05, 4.69) is 47.9 Å². The van der Waals surface area contributed by atoms with Gasteiger partial charge in [-0.3, -0.25) is 4.79 Å². The quantitative estimate of drug-likeness (QED) is 0.267. The van der Waals surface area contributed by atoms with E-state index in [1.807, 2.05) is 61.9 Å². The van der Waals surface area contributed by atoms with Crippen molar-refractivity contribution in [1.29, 1.82) is 0 Å². The maximum Gasteiger partial charge on any atom is 0.232 e. The van der Waals surface area contributed by atoms with E-state index in [-0.39, 0.29) is 11.9 Å². The first kappa shape index (κ1) is 25.4. The summed E-state index contributed by atoms with van der Waals surface area (Å²) in [5.41, 5.74) is 6.27. The number of aryl methyl sites for hydroxylation is 3. The number of carbonyl (C=O) groups is 1. The van der Waals surface area contributed by atoms with Gasteiger partial charge in [0.2, 0.25) is 17.0 Å². The maximum absolute atomic E-state index is 13.8. The van der Waals surface area contributed by atoms with Crippen LogP contribution >= 0.6 is 23.4 Å². The Morgan fingerprint density at radius 1 is 1.05 bits per heavy atom. The third-order valence-corrected chi connectivity index (χ3v) is 7.98. The Balaban J connectivity index is 1.49. The zero-order chi connectivity index (χ0) is 26.1. The van der Waals surface area contributed by atoms with E-state index >= 15 is 0 Å². The van der Waals surface area contributed by atoms with Gasteiger partial charge >= 0.3 is 0 Å². The lowest BCUT2D eigenvalue weighted by atomic mass is 9.85. The molecule has 2 heterocycles. The zero-order valence-electron chi connectivity index (χ0n) is 21.3. The standard InChI is InChI=1S/C29H30ClN5OS/c1-17-8-7-9-21(15-17)16-37-29-33-28-31-20(4)25(27(36)32-24-13-12-18(2)14-19(24)3)26(35(28)34-29)22-10-5-6-11-23(22)30/h5-15,20,25-26H,16H2,1-4H3,(H,32,36)(H,31,33,34)/t20-,25+,26-/m1/s1. The minimum absolute atomic E-state index is 0.0908. The van der Waals surface area contributed by atoms with Gasteiger partial charge in [-0.1, -0.05) is 89.1 Å². The van der Waals surface area contributed by atoms with E-state index in [1.54, 1.807) is 11.8 Å². The molecule has 0 radical (unpaired) electrons. The lowest BCUT2D eigenvalue weighted by molar-refractivity contribution is -0.121. The van der Waals surface area contributed by atoms with Crippen molar-refractivity contribution in [2.24, 2.45) is 5.92 Å². The summed E-state index contributed by atoms with van der Waals surface area (Å²) in [5, 5.41) is 12.7. The number of hydrogen-bond acceptors (Lipinski definition) is 5. The second kappa shape index (κ2) is 10.6. The molecule has 1 amide bonds. The Labute approximate surface area is 226 Å². The predicted octanol–water partition coefficient (Wildman–Crippen LogP) is 6.81. The van der Waals surface area contributed by atoms with Gasteiger partial charge in [0, 0.05) is 22.5 Å². The van der Waals surface area contributed by atoms with Crippen LogP contribution in [0.3, 0.4) is 0 Å². The Morgan fingerprint density at radius 2 is 1.84 bits per heavy atom. The van der Waals surface area contributed by atoms with E-state index < -0.39 is 12.0 Å². The molecule has 4 aromatic rings. The number of halogens is 1. The number of hydrogen-bond donors (Lipinski definition) is 2. The number of fused-ring (bicyclic) bond motifs is 1. The summed E-state index contributed by atoms with van der Waals surface area (Å²) in [5.74, 6) is 0.838.